The molecule has 2 rings (SSSR count). The number of halogens is 1. The van der Waals surface area contributed by atoms with Crippen LogP contribution in [0.2, 0.25) is 5.02 Å². The van der Waals surface area contributed by atoms with Gasteiger partial charge in [-0.05, 0) is 30.7 Å². The van der Waals surface area contributed by atoms with Gasteiger partial charge in [0.2, 0.25) is 5.91 Å². The Labute approximate surface area is 151 Å². The molecule has 0 bridgehead atoms. The standard InChI is InChI=1S/C18H19ClN2O4/c1-11-8-14(16(25-3)9-13(11)19)21-17(22)10-20-18(23)12-6-4-5-7-15(12)24-2/h4-9H,10H2,1-3H3,(H,20,23)(H,21,22). The predicted molar refractivity (Wildman–Crippen MR) is 96.7 cm³/mol. The number of ether oxygens (including phenoxy) is 2. The van der Waals surface area contributed by atoms with E-state index in [1.165, 1.54) is 14.2 Å². The van der Waals surface area contributed by atoms with Gasteiger partial charge in [-0.2, -0.15) is 0 Å². The van der Waals surface area contributed by atoms with Crippen molar-refractivity contribution in [1.29, 1.82) is 0 Å². The van der Waals surface area contributed by atoms with Crippen molar-refractivity contribution in [2.45, 2.75) is 6.92 Å². The molecule has 0 aliphatic carbocycles. The normalized spacial score (nSPS) is 10.1. The number of benzene rings is 2. The maximum Gasteiger partial charge on any atom is 0.255 e. The first kappa shape index (κ1) is 18.6. The largest absolute Gasteiger partial charge is 0.496 e. The topological polar surface area (TPSA) is 76.7 Å². The minimum atomic E-state index is -0.396. The van der Waals surface area contributed by atoms with Crippen molar-refractivity contribution in [3.05, 3.63) is 52.5 Å². The van der Waals surface area contributed by atoms with Crippen LogP contribution in [-0.2, 0) is 4.79 Å². The molecule has 0 heterocycles. The van der Waals surface area contributed by atoms with Crippen molar-refractivity contribution in [3.63, 3.8) is 0 Å². The molecule has 0 fully saturated rings. The molecular weight excluding hydrogens is 344 g/mol. The molecule has 0 atom stereocenters. The third-order valence-corrected chi connectivity index (χ3v) is 3.92. The Kier molecular flexibility index (Phi) is 6.25. The van der Waals surface area contributed by atoms with Crippen LogP contribution in [-0.4, -0.2) is 32.6 Å². The van der Waals surface area contributed by atoms with Gasteiger partial charge in [-0.15, -0.1) is 0 Å². The van der Waals surface area contributed by atoms with Gasteiger partial charge in [-0.3, -0.25) is 9.59 Å². The molecule has 0 aromatic heterocycles. The average molecular weight is 363 g/mol. The lowest BCUT2D eigenvalue weighted by molar-refractivity contribution is -0.115. The number of nitrogens with one attached hydrogen (secondary N) is 2. The van der Waals surface area contributed by atoms with Crippen LogP contribution in [0.4, 0.5) is 5.69 Å². The van der Waals surface area contributed by atoms with Gasteiger partial charge in [-0.1, -0.05) is 23.7 Å². The summed E-state index contributed by atoms with van der Waals surface area (Å²) in [5.74, 6) is 0.102. The molecule has 0 aliphatic heterocycles. The second-order valence-corrected chi connectivity index (χ2v) is 5.64. The van der Waals surface area contributed by atoms with Crippen molar-refractivity contribution >= 4 is 29.1 Å². The summed E-state index contributed by atoms with van der Waals surface area (Å²) in [5.41, 5.74) is 1.65. The van der Waals surface area contributed by atoms with Gasteiger partial charge in [0.15, 0.2) is 0 Å². The summed E-state index contributed by atoms with van der Waals surface area (Å²) >= 11 is 6.04. The van der Waals surface area contributed by atoms with Crippen molar-refractivity contribution < 1.29 is 19.1 Å². The summed E-state index contributed by atoms with van der Waals surface area (Å²) in [4.78, 5) is 24.3. The van der Waals surface area contributed by atoms with Crippen molar-refractivity contribution in [2.24, 2.45) is 0 Å². The second-order valence-electron chi connectivity index (χ2n) is 5.23. The van der Waals surface area contributed by atoms with Gasteiger partial charge in [0.1, 0.15) is 11.5 Å². The minimum absolute atomic E-state index is 0.193. The molecule has 2 aromatic carbocycles. The molecule has 6 nitrogen and oxygen atoms in total. The summed E-state index contributed by atoms with van der Waals surface area (Å²) in [6.07, 6.45) is 0. The number of hydrogen-bond acceptors (Lipinski definition) is 4. The van der Waals surface area contributed by atoms with Crippen LogP contribution in [0, 0.1) is 6.92 Å². The zero-order chi connectivity index (χ0) is 18.4. The third kappa shape index (κ3) is 4.64. The fraction of sp³-hybridized carbons (Fsp3) is 0.222. The SMILES string of the molecule is COc1cc(Cl)c(C)cc1NC(=O)CNC(=O)c1ccccc1OC. The van der Waals surface area contributed by atoms with E-state index in [2.05, 4.69) is 10.6 Å². The highest BCUT2D eigenvalue weighted by Crippen LogP contribution is 2.30. The zero-order valence-electron chi connectivity index (χ0n) is 14.2. The Morgan fingerprint density at radius 3 is 2.44 bits per heavy atom. The highest BCUT2D eigenvalue weighted by atomic mass is 35.5. The molecule has 0 radical (unpaired) electrons. The quantitative estimate of drug-likeness (QED) is 0.828. The van der Waals surface area contributed by atoms with E-state index in [1.54, 1.807) is 36.4 Å². The van der Waals surface area contributed by atoms with Crippen LogP contribution in [0.1, 0.15) is 15.9 Å². The van der Waals surface area contributed by atoms with Crippen molar-refractivity contribution in [3.8, 4) is 11.5 Å². The molecule has 132 valence electrons. The van der Waals surface area contributed by atoms with E-state index >= 15 is 0 Å². The summed E-state index contributed by atoms with van der Waals surface area (Å²) in [5, 5.41) is 5.80. The first-order chi connectivity index (χ1) is 12.0. The Morgan fingerprint density at radius 1 is 1.08 bits per heavy atom. The predicted octanol–water partition coefficient (Wildman–Crippen LogP) is 3.03. The number of amides is 2. The number of carbonyl (C=O) groups is 2. The fourth-order valence-electron chi connectivity index (χ4n) is 2.21. The van der Waals surface area contributed by atoms with Crippen LogP contribution >= 0.6 is 11.6 Å². The number of hydrogen-bond donors (Lipinski definition) is 2. The van der Waals surface area contributed by atoms with Gasteiger partial charge < -0.3 is 20.1 Å². The van der Waals surface area contributed by atoms with E-state index in [1.807, 2.05) is 6.92 Å². The summed E-state index contributed by atoms with van der Waals surface area (Å²) in [7, 11) is 2.97. The number of rotatable bonds is 6. The number of para-hydroxylation sites is 1. The van der Waals surface area contributed by atoms with E-state index in [4.69, 9.17) is 21.1 Å². The van der Waals surface area contributed by atoms with Crippen molar-refractivity contribution in [1.82, 2.24) is 5.32 Å². The summed E-state index contributed by atoms with van der Waals surface area (Å²) in [6, 6.07) is 10.1. The smallest absolute Gasteiger partial charge is 0.255 e. The summed E-state index contributed by atoms with van der Waals surface area (Å²) < 4.78 is 10.3. The first-order valence-corrected chi connectivity index (χ1v) is 7.89. The lowest BCUT2D eigenvalue weighted by Crippen LogP contribution is -2.33. The number of aryl methyl sites for hydroxylation is 1. The fourth-order valence-corrected chi connectivity index (χ4v) is 2.37. The Balaban J connectivity index is 2.02. The van der Waals surface area contributed by atoms with Crippen LogP contribution in [0.25, 0.3) is 0 Å². The Morgan fingerprint density at radius 2 is 1.76 bits per heavy atom. The monoisotopic (exact) mass is 362 g/mol. The third-order valence-electron chi connectivity index (χ3n) is 3.52. The Bertz CT molecular complexity index is 793. The molecule has 2 N–H and O–H groups in total. The maximum atomic E-state index is 12.2. The lowest BCUT2D eigenvalue weighted by Gasteiger charge is -2.13. The minimum Gasteiger partial charge on any atom is -0.496 e. The van der Waals surface area contributed by atoms with E-state index in [9.17, 15) is 9.59 Å². The van der Waals surface area contributed by atoms with E-state index in [-0.39, 0.29) is 12.5 Å². The molecule has 2 amide bonds. The van der Waals surface area contributed by atoms with Gasteiger partial charge in [0.25, 0.3) is 5.91 Å². The summed E-state index contributed by atoms with van der Waals surface area (Å²) in [6.45, 7) is 1.63. The maximum absolute atomic E-state index is 12.2. The molecule has 2 aromatic rings. The van der Waals surface area contributed by atoms with Gasteiger partial charge in [-0.25, -0.2) is 0 Å². The van der Waals surface area contributed by atoms with Crippen LogP contribution in [0.3, 0.4) is 0 Å². The highest BCUT2D eigenvalue weighted by Gasteiger charge is 2.14. The number of carbonyl (C=O) groups excluding carboxylic acids is 2. The Hall–Kier alpha value is -2.73. The van der Waals surface area contributed by atoms with E-state index in [0.717, 1.165) is 5.56 Å². The molecule has 25 heavy (non-hydrogen) atoms. The van der Waals surface area contributed by atoms with Crippen LogP contribution < -0.4 is 20.1 Å². The molecule has 0 aliphatic rings. The number of anilines is 1. The molecule has 0 saturated heterocycles. The average Bonchev–Trinajstić information content (AvgIpc) is 2.62. The number of methoxy groups -OCH3 is 2. The molecule has 0 saturated carbocycles. The van der Waals surface area contributed by atoms with Crippen LogP contribution in [0.15, 0.2) is 36.4 Å². The zero-order valence-corrected chi connectivity index (χ0v) is 14.9. The van der Waals surface area contributed by atoms with Gasteiger partial charge >= 0.3 is 0 Å². The first-order valence-electron chi connectivity index (χ1n) is 7.51. The lowest BCUT2D eigenvalue weighted by atomic mass is 10.2. The van der Waals surface area contributed by atoms with Gasteiger partial charge in [0.05, 0.1) is 32.0 Å². The highest BCUT2D eigenvalue weighted by molar-refractivity contribution is 6.31. The van der Waals surface area contributed by atoms with E-state index < -0.39 is 5.91 Å². The van der Waals surface area contributed by atoms with Crippen molar-refractivity contribution in [2.75, 3.05) is 26.1 Å². The second kappa shape index (κ2) is 8.39. The van der Waals surface area contributed by atoms with Gasteiger partial charge in [0, 0.05) is 11.1 Å². The molecule has 7 heteroatoms. The molecule has 0 spiro atoms. The molecule has 0 unspecified atom stereocenters. The van der Waals surface area contributed by atoms with E-state index in [0.29, 0.717) is 27.8 Å². The molecular formula is C18H19ClN2O4. The van der Waals surface area contributed by atoms with Crippen LogP contribution in [0.5, 0.6) is 11.5 Å².